The molecule has 1 aromatic carbocycles. The van der Waals surface area contributed by atoms with Gasteiger partial charge in [-0.2, -0.15) is 0 Å². The Morgan fingerprint density at radius 1 is 1.17 bits per heavy atom. The van der Waals surface area contributed by atoms with Crippen LogP contribution in [0.3, 0.4) is 0 Å². The molecule has 12 heavy (non-hydrogen) atoms. The fourth-order valence-electron chi connectivity index (χ4n) is 1.35. The lowest BCUT2D eigenvalue weighted by atomic mass is 9.98. The molecule has 0 nitrogen and oxygen atoms in total. The van der Waals surface area contributed by atoms with Crippen molar-refractivity contribution in [2.45, 2.75) is 17.8 Å². The topological polar surface area (TPSA) is 0 Å². The van der Waals surface area contributed by atoms with Crippen molar-refractivity contribution in [3.63, 3.8) is 0 Å². The quantitative estimate of drug-likeness (QED) is 0.601. The summed E-state index contributed by atoms with van der Waals surface area (Å²) in [5.41, 5.74) is -0.871. The Labute approximate surface area is 70.2 Å². The van der Waals surface area contributed by atoms with Crippen LogP contribution in [0, 0.1) is 6.92 Å². The normalized spacial score (nSPS) is 31.6. The van der Waals surface area contributed by atoms with Gasteiger partial charge in [0.15, 0.2) is 0 Å². The number of rotatable bonds is 1. The molecule has 0 heterocycles. The highest BCUT2D eigenvalue weighted by Crippen LogP contribution is 2.60. The van der Waals surface area contributed by atoms with Gasteiger partial charge in [-0.25, -0.2) is 8.78 Å². The van der Waals surface area contributed by atoms with Gasteiger partial charge in [-0.15, -0.1) is 0 Å². The SMILES string of the molecule is [CH]C1(c2ccccc2)CC1(F)F. The first kappa shape index (κ1) is 7.71. The summed E-state index contributed by atoms with van der Waals surface area (Å²) in [6.07, 6.45) is -0.232. The summed E-state index contributed by atoms with van der Waals surface area (Å²) in [6.45, 7) is 5.50. The third-order valence-corrected chi connectivity index (χ3v) is 2.32. The Bertz CT molecular complexity index is 292. The van der Waals surface area contributed by atoms with Crippen molar-refractivity contribution in [1.82, 2.24) is 0 Å². The Hall–Kier alpha value is -0.920. The number of hydrogen-bond donors (Lipinski definition) is 0. The summed E-state index contributed by atoms with van der Waals surface area (Å²) in [4.78, 5) is 0. The molecule has 0 aliphatic heterocycles. The summed E-state index contributed by atoms with van der Waals surface area (Å²) in [6, 6.07) is 8.51. The molecule has 1 aliphatic carbocycles. The maximum absolute atomic E-state index is 12.7. The number of halogens is 2. The molecule has 62 valence electrons. The number of hydrogen-bond acceptors (Lipinski definition) is 0. The summed E-state index contributed by atoms with van der Waals surface area (Å²) in [7, 11) is 0. The lowest BCUT2D eigenvalue weighted by Crippen LogP contribution is -2.11. The first-order valence-electron chi connectivity index (χ1n) is 3.78. The third kappa shape index (κ3) is 0.872. The number of benzene rings is 1. The monoisotopic (exact) mass is 166 g/mol. The highest BCUT2D eigenvalue weighted by molar-refractivity contribution is 5.38. The van der Waals surface area contributed by atoms with Crippen molar-refractivity contribution in [3.05, 3.63) is 42.8 Å². The van der Waals surface area contributed by atoms with Crippen molar-refractivity contribution in [1.29, 1.82) is 0 Å². The van der Waals surface area contributed by atoms with Gasteiger partial charge in [0, 0.05) is 6.42 Å². The van der Waals surface area contributed by atoms with Gasteiger partial charge in [0.1, 0.15) is 0 Å². The van der Waals surface area contributed by atoms with Gasteiger partial charge in [-0.3, -0.25) is 0 Å². The van der Waals surface area contributed by atoms with Crippen LogP contribution in [0.5, 0.6) is 0 Å². The summed E-state index contributed by atoms with van der Waals surface area (Å²) < 4.78 is 25.5. The van der Waals surface area contributed by atoms with Gasteiger partial charge in [0.05, 0.1) is 5.41 Å². The summed E-state index contributed by atoms with van der Waals surface area (Å²) >= 11 is 0. The van der Waals surface area contributed by atoms with Crippen LogP contribution >= 0.6 is 0 Å². The minimum Gasteiger partial charge on any atom is -0.206 e. The van der Waals surface area contributed by atoms with Crippen LogP contribution in [-0.2, 0) is 5.41 Å². The Morgan fingerprint density at radius 3 is 2.08 bits per heavy atom. The first-order chi connectivity index (χ1) is 5.56. The van der Waals surface area contributed by atoms with Gasteiger partial charge in [0.25, 0.3) is 5.92 Å². The minimum atomic E-state index is -2.71. The van der Waals surface area contributed by atoms with E-state index in [2.05, 4.69) is 0 Å². The van der Waals surface area contributed by atoms with E-state index in [4.69, 9.17) is 6.92 Å². The second kappa shape index (κ2) is 2.06. The van der Waals surface area contributed by atoms with Crippen LogP contribution < -0.4 is 0 Å². The molecular formula is C10H8F2. The van der Waals surface area contributed by atoms with Crippen LogP contribution in [0.15, 0.2) is 30.3 Å². The maximum Gasteiger partial charge on any atom is 0.259 e. The predicted molar refractivity (Wildman–Crippen MR) is 42.0 cm³/mol. The van der Waals surface area contributed by atoms with E-state index >= 15 is 0 Å². The zero-order valence-corrected chi connectivity index (χ0v) is 6.43. The van der Waals surface area contributed by atoms with E-state index in [0.29, 0.717) is 5.56 Å². The zero-order chi connectivity index (χ0) is 8.82. The number of alkyl halides is 2. The molecule has 1 saturated carbocycles. The van der Waals surface area contributed by atoms with E-state index in [1.54, 1.807) is 30.3 Å². The average molecular weight is 166 g/mol. The van der Waals surface area contributed by atoms with Crippen molar-refractivity contribution in [2.24, 2.45) is 0 Å². The van der Waals surface area contributed by atoms with E-state index in [0.717, 1.165) is 0 Å². The van der Waals surface area contributed by atoms with Gasteiger partial charge >= 0.3 is 0 Å². The standard InChI is InChI=1S/C10H8F2/c1-9(7-10(9,11)12)8-5-3-2-4-6-8/h1-6H,7H2. The lowest BCUT2D eigenvalue weighted by Gasteiger charge is -2.08. The van der Waals surface area contributed by atoms with Crippen LogP contribution in [0.1, 0.15) is 12.0 Å². The molecule has 1 aliphatic rings. The van der Waals surface area contributed by atoms with Crippen molar-refractivity contribution >= 4 is 0 Å². The molecule has 0 aromatic heterocycles. The van der Waals surface area contributed by atoms with Crippen molar-refractivity contribution in [2.75, 3.05) is 0 Å². The highest BCUT2D eigenvalue weighted by Gasteiger charge is 2.68. The molecular weight excluding hydrogens is 158 g/mol. The van der Waals surface area contributed by atoms with Gasteiger partial charge in [0.2, 0.25) is 0 Å². The summed E-state index contributed by atoms with van der Waals surface area (Å²) in [5, 5.41) is 0. The molecule has 2 radical (unpaired) electrons. The van der Waals surface area contributed by atoms with Crippen LogP contribution in [-0.4, -0.2) is 5.92 Å². The van der Waals surface area contributed by atoms with E-state index < -0.39 is 11.3 Å². The Morgan fingerprint density at radius 2 is 1.67 bits per heavy atom. The molecule has 2 rings (SSSR count). The van der Waals surface area contributed by atoms with E-state index in [9.17, 15) is 8.78 Å². The van der Waals surface area contributed by atoms with Gasteiger partial charge in [-0.1, -0.05) is 30.3 Å². The first-order valence-corrected chi connectivity index (χ1v) is 3.78. The van der Waals surface area contributed by atoms with E-state index in [1.165, 1.54) is 0 Å². The molecule has 0 spiro atoms. The van der Waals surface area contributed by atoms with E-state index in [-0.39, 0.29) is 6.42 Å². The van der Waals surface area contributed by atoms with Gasteiger partial charge in [-0.05, 0) is 12.5 Å². The van der Waals surface area contributed by atoms with Crippen molar-refractivity contribution < 1.29 is 8.78 Å². The second-order valence-corrected chi connectivity index (χ2v) is 3.22. The molecule has 0 saturated heterocycles. The third-order valence-electron chi connectivity index (χ3n) is 2.32. The van der Waals surface area contributed by atoms with Crippen LogP contribution in [0.4, 0.5) is 8.78 Å². The molecule has 2 heteroatoms. The predicted octanol–water partition coefficient (Wildman–Crippen LogP) is 2.67. The summed E-state index contributed by atoms with van der Waals surface area (Å²) in [5.74, 6) is -2.71. The molecule has 1 fully saturated rings. The highest BCUT2D eigenvalue weighted by atomic mass is 19.3. The lowest BCUT2D eigenvalue weighted by molar-refractivity contribution is 0.0976. The zero-order valence-electron chi connectivity index (χ0n) is 6.43. The van der Waals surface area contributed by atoms with E-state index in [1.807, 2.05) is 0 Å². The molecule has 1 atom stereocenters. The van der Waals surface area contributed by atoms with Crippen LogP contribution in [0.25, 0.3) is 0 Å². The van der Waals surface area contributed by atoms with Crippen molar-refractivity contribution in [3.8, 4) is 0 Å². The molecule has 0 N–H and O–H groups in total. The minimum absolute atomic E-state index is 0.232. The Balaban J connectivity index is 2.35. The molecule has 0 amide bonds. The largest absolute Gasteiger partial charge is 0.259 e. The van der Waals surface area contributed by atoms with Crippen LogP contribution in [0.2, 0.25) is 0 Å². The Kier molecular flexibility index (Phi) is 1.33. The molecule has 0 bridgehead atoms. The fraction of sp³-hybridized carbons (Fsp3) is 0.300. The fourth-order valence-corrected chi connectivity index (χ4v) is 1.35. The average Bonchev–Trinajstić information content (AvgIpc) is 2.55. The second-order valence-electron chi connectivity index (χ2n) is 3.22. The smallest absolute Gasteiger partial charge is 0.206 e. The maximum atomic E-state index is 12.7. The molecule has 1 unspecified atom stereocenters. The van der Waals surface area contributed by atoms with Gasteiger partial charge < -0.3 is 0 Å². The molecule has 1 aromatic rings.